The van der Waals surface area contributed by atoms with E-state index in [0.717, 1.165) is 4.47 Å². The first kappa shape index (κ1) is 8.02. The first-order valence-corrected chi connectivity index (χ1v) is 3.70. The Balaban J connectivity index is 3.35. The van der Waals surface area contributed by atoms with Gasteiger partial charge >= 0.3 is 0 Å². The Morgan fingerprint density at radius 1 is 1.73 bits per heavy atom. The van der Waals surface area contributed by atoms with Crippen molar-refractivity contribution in [3.8, 4) is 11.9 Å². The first-order valence-electron chi connectivity index (χ1n) is 2.91. The van der Waals surface area contributed by atoms with Crippen molar-refractivity contribution in [1.29, 1.82) is 5.26 Å². The van der Waals surface area contributed by atoms with Gasteiger partial charge < -0.3 is 5.11 Å². The second-order valence-corrected chi connectivity index (χ2v) is 2.89. The minimum absolute atomic E-state index is 0.183. The maximum Gasteiger partial charge on any atom is 0.229 e. The Labute approximate surface area is 72.4 Å². The number of nitriles is 1. The van der Waals surface area contributed by atoms with E-state index in [-0.39, 0.29) is 11.4 Å². The predicted octanol–water partition coefficient (Wildman–Crippen LogP) is 1.73. The third-order valence-corrected chi connectivity index (χ3v) is 2.05. The van der Waals surface area contributed by atoms with E-state index in [1.165, 1.54) is 6.07 Å². The summed E-state index contributed by atoms with van der Waals surface area (Å²) >= 11 is 3.20. The van der Waals surface area contributed by atoms with Crippen LogP contribution in [0.15, 0.2) is 10.5 Å². The van der Waals surface area contributed by atoms with Crippen LogP contribution in [0.4, 0.5) is 0 Å². The molecule has 1 rings (SSSR count). The highest BCUT2D eigenvalue weighted by molar-refractivity contribution is 9.10. The van der Waals surface area contributed by atoms with E-state index in [4.69, 9.17) is 10.4 Å². The highest BCUT2D eigenvalue weighted by Gasteiger charge is 2.04. The Morgan fingerprint density at radius 2 is 2.36 bits per heavy atom. The topological polar surface area (TPSA) is 56.9 Å². The number of hydrogen-bond donors (Lipinski definition) is 1. The molecule has 0 saturated heterocycles. The molecule has 0 aliphatic heterocycles. The van der Waals surface area contributed by atoms with Gasteiger partial charge in [-0.3, -0.25) is 0 Å². The van der Waals surface area contributed by atoms with E-state index >= 15 is 0 Å². The van der Waals surface area contributed by atoms with Crippen molar-refractivity contribution in [3.05, 3.63) is 21.8 Å². The maximum absolute atomic E-state index is 9.06. The van der Waals surface area contributed by atoms with Crippen LogP contribution in [0.3, 0.4) is 0 Å². The molecule has 0 atom stereocenters. The summed E-state index contributed by atoms with van der Waals surface area (Å²) in [6, 6.07) is 3.36. The van der Waals surface area contributed by atoms with E-state index in [1.54, 1.807) is 6.92 Å². The molecule has 0 saturated carbocycles. The summed E-state index contributed by atoms with van der Waals surface area (Å²) in [5, 5.41) is 17.5. The second-order valence-electron chi connectivity index (χ2n) is 2.04. The molecule has 0 bridgehead atoms. The van der Waals surface area contributed by atoms with Gasteiger partial charge in [0.15, 0.2) is 0 Å². The molecule has 1 aromatic rings. The zero-order valence-corrected chi connectivity index (χ0v) is 7.38. The van der Waals surface area contributed by atoms with Crippen LogP contribution < -0.4 is 0 Å². The zero-order valence-electron chi connectivity index (χ0n) is 5.80. The molecule has 0 spiro atoms. The van der Waals surface area contributed by atoms with Crippen LogP contribution in [0.5, 0.6) is 5.88 Å². The summed E-state index contributed by atoms with van der Waals surface area (Å²) in [7, 11) is 0. The molecule has 1 aromatic heterocycles. The Bertz CT molecular complexity index is 330. The van der Waals surface area contributed by atoms with Crippen LogP contribution in [-0.2, 0) is 0 Å². The molecule has 0 fully saturated rings. The molecule has 0 unspecified atom stereocenters. The number of pyridine rings is 1. The number of nitrogens with zero attached hydrogens (tertiary/aromatic N) is 2. The van der Waals surface area contributed by atoms with Crippen molar-refractivity contribution < 1.29 is 5.11 Å². The van der Waals surface area contributed by atoms with Crippen LogP contribution in [0, 0.1) is 18.3 Å². The van der Waals surface area contributed by atoms with Gasteiger partial charge in [-0.25, -0.2) is 4.98 Å². The molecule has 0 amide bonds. The van der Waals surface area contributed by atoms with Crippen LogP contribution >= 0.6 is 15.9 Å². The van der Waals surface area contributed by atoms with Crippen molar-refractivity contribution in [2.75, 3.05) is 0 Å². The number of aryl methyl sites for hydroxylation is 1. The Kier molecular flexibility index (Phi) is 2.11. The standard InChI is InChI=1S/C7H5BrN2O/c1-4-6(8)2-5(3-9)7(11)10-4/h2H,1H3,(H,10,11). The summed E-state index contributed by atoms with van der Waals surface area (Å²) in [5.74, 6) is -0.215. The zero-order chi connectivity index (χ0) is 8.43. The van der Waals surface area contributed by atoms with Gasteiger partial charge in [-0.2, -0.15) is 5.26 Å². The molecule has 1 heterocycles. The number of aromatic hydroxyl groups is 1. The summed E-state index contributed by atoms with van der Waals surface area (Å²) in [6.07, 6.45) is 0. The lowest BCUT2D eigenvalue weighted by Gasteiger charge is -1.98. The number of hydrogen-bond acceptors (Lipinski definition) is 3. The maximum atomic E-state index is 9.06. The fraction of sp³-hybridized carbons (Fsp3) is 0.143. The smallest absolute Gasteiger partial charge is 0.229 e. The Hall–Kier alpha value is -1.08. The second kappa shape index (κ2) is 2.89. The van der Waals surface area contributed by atoms with Crippen molar-refractivity contribution in [3.63, 3.8) is 0 Å². The van der Waals surface area contributed by atoms with Gasteiger partial charge in [0.25, 0.3) is 0 Å². The predicted molar refractivity (Wildman–Crippen MR) is 43.1 cm³/mol. The van der Waals surface area contributed by atoms with Crippen LogP contribution in [0.1, 0.15) is 11.3 Å². The molecule has 0 aliphatic rings. The minimum atomic E-state index is -0.215. The third-order valence-electron chi connectivity index (χ3n) is 1.25. The highest BCUT2D eigenvalue weighted by Crippen LogP contribution is 2.21. The molecule has 56 valence electrons. The number of halogens is 1. The van der Waals surface area contributed by atoms with Gasteiger partial charge in [0, 0.05) is 4.47 Å². The lowest BCUT2D eigenvalue weighted by molar-refractivity contribution is 0.450. The van der Waals surface area contributed by atoms with Crippen molar-refractivity contribution in [1.82, 2.24) is 4.98 Å². The fourth-order valence-corrected chi connectivity index (χ4v) is 0.968. The van der Waals surface area contributed by atoms with Crippen LogP contribution in [-0.4, -0.2) is 10.1 Å². The molecule has 3 nitrogen and oxygen atoms in total. The van der Waals surface area contributed by atoms with Crippen molar-refractivity contribution in [2.24, 2.45) is 0 Å². The quantitative estimate of drug-likeness (QED) is 0.713. The molecule has 11 heavy (non-hydrogen) atoms. The van der Waals surface area contributed by atoms with Gasteiger partial charge in [0.2, 0.25) is 5.88 Å². The number of aromatic nitrogens is 1. The molecule has 0 radical (unpaired) electrons. The summed E-state index contributed by atoms with van der Waals surface area (Å²) in [6.45, 7) is 1.74. The van der Waals surface area contributed by atoms with E-state index in [2.05, 4.69) is 20.9 Å². The van der Waals surface area contributed by atoms with Gasteiger partial charge in [-0.05, 0) is 28.9 Å². The third kappa shape index (κ3) is 1.49. The lowest BCUT2D eigenvalue weighted by atomic mass is 10.2. The van der Waals surface area contributed by atoms with Crippen molar-refractivity contribution >= 4 is 15.9 Å². The van der Waals surface area contributed by atoms with E-state index in [0.29, 0.717) is 5.69 Å². The molecule has 1 N–H and O–H groups in total. The van der Waals surface area contributed by atoms with Gasteiger partial charge in [0.1, 0.15) is 11.6 Å². The van der Waals surface area contributed by atoms with Crippen LogP contribution in [0.2, 0.25) is 0 Å². The van der Waals surface area contributed by atoms with Gasteiger partial charge in [-0.15, -0.1) is 0 Å². The lowest BCUT2D eigenvalue weighted by Crippen LogP contribution is -1.86. The fourth-order valence-electron chi connectivity index (χ4n) is 0.650. The largest absolute Gasteiger partial charge is 0.492 e. The summed E-state index contributed by atoms with van der Waals surface area (Å²) < 4.78 is 0.729. The minimum Gasteiger partial charge on any atom is -0.492 e. The SMILES string of the molecule is Cc1nc(O)c(C#N)cc1Br. The van der Waals surface area contributed by atoms with E-state index in [1.807, 2.05) is 6.07 Å². The van der Waals surface area contributed by atoms with Gasteiger partial charge in [0.05, 0.1) is 5.69 Å². The first-order chi connectivity index (χ1) is 5.15. The molecular weight excluding hydrogens is 208 g/mol. The van der Waals surface area contributed by atoms with Crippen LogP contribution in [0.25, 0.3) is 0 Å². The Morgan fingerprint density at radius 3 is 2.91 bits per heavy atom. The van der Waals surface area contributed by atoms with Crippen molar-refractivity contribution in [2.45, 2.75) is 6.92 Å². The number of rotatable bonds is 0. The average molecular weight is 213 g/mol. The summed E-state index contributed by atoms with van der Waals surface area (Å²) in [5.41, 5.74) is 0.851. The molecule has 0 aromatic carbocycles. The molecular formula is C7H5BrN2O. The van der Waals surface area contributed by atoms with E-state index in [9.17, 15) is 0 Å². The molecule has 4 heteroatoms. The van der Waals surface area contributed by atoms with Gasteiger partial charge in [-0.1, -0.05) is 0 Å². The normalized spacial score (nSPS) is 9.18. The summed E-state index contributed by atoms with van der Waals surface area (Å²) in [4.78, 5) is 3.73. The van der Waals surface area contributed by atoms with E-state index < -0.39 is 0 Å². The monoisotopic (exact) mass is 212 g/mol. The molecule has 0 aliphatic carbocycles. The highest BCUT2D eigenvalue weighted by atomic mass is 79.9. The average Bonchev–Trinajstić information content (AvgIpc) is 1.97.